The SMILES string of the molecule is CO/N=C(\C(=O)N[C@@H]1C(=O)N2C(C(=O)[O-])=C(CSc3cc(=O)c4cc(F)c(Sc5nncn5C)c(F)c4s3)CS[C@H]12)c1csc(N)n1.[Na+]. The molecular formula is C26H19F2N8NaO6S5. The summed E-state index contributed by atoms with van der Waals surface area (Å²) in [4.78, 5) is 60.7. The van der Waals surface area contributed by atoms with Crippen LogP contribution < -0.4 is 51.1 Å². The predicted octanol–water partition coefficient (Wildman–Crippen LogP) is -1.59. The second-order valence-corrected chi connectivity index (χ2v) is 15.0. The van der Waals surface area contributed by atoms with Crippen LogP contribution in [0.2, 0.25) is 0 Å². The Morgan fingerprint density at radius 1 is 1.29 bits per heavy atom. The summed E-state index contributed by atoms with van der Waals surface area (Å²) in [7, 11) is 2.85. The van der Waals surface area contributed by atoms with Gasteiger partial charge in [0.2, 0.25) is 0 Å². The number of nitrogens with zero attached hydrogens (tertiary/aromatic N) is 6. The van der Waals surface area contributed by atoms with Gasteiger partial charge in [-0.25, -0.2) is 13.8 Å². The van der Waals surface area contributed by atoms with Crippen LogP contribution in [0.25, 0.3) is 10.1 Å². The molecule has 0 saturated carbocycles. The summed E-state index contributed by atoms with van der Waals surface area (Å²) in [6.07, 6.45) is 1.38. The van der Waals surface area contributed by atoms with Gasteiger partial charge in [-0.3, -0.25) is 19.3 Å². The number of carboxylic acids is 1. The molecule has 1 aromatic carbocycles. The first-order chi connectivity index (χ1) is 22.5. The second-order valence-electron chi connectivity index (χ2n) is 9.72. The van der Waals surface area contributed by atoms with Crippen LogP contribution in [0.15, 0.2) is 59.3 Å². The van der Waals surface area contributed by atoms with Crippen LogP contribution in [0.3, 0.4) is 0 Å². The topological polar surface area (TPSA) is 198 Å². The molecule has 1 fully saturated rings. The number of carboxylic acid groups (broad SMARTS) is 1. The summed E-state index contributed by atoms with van der Waals surface area (Å²) < 4.78 is 32.2. The minimum atomic E-state index is -1.60. The Bertz CT molecular complexity index is 2090. The number of β-lactam (4-membered cyclic amide) rings is 1. The monoisotopic (exact) mass is 760 g/mol. The van der Waals surface area contributed by atoms with Crippen molar-refractivity contribution in [2.45, 2.75) is 25.7 Å². The molecule has 4 aromatic rings. The molecular weight excluding hydrogens is 742 g/mol. The third kappa shape index (κ3) is 6.86. The number of carbonyl (C=O) groups is 3. The van der Waals surface area contributed by atoms with Gasteiger partial charge in [0.25, 0.3) is 11.8 Å². The van der Waals surface area contributed by atoms with Crippen LogP contribution in [-0.4, -0.2) is 78.2 Å². The molecule has 0 unspecified atom stereocenters. The summed E-state index contributed by atoms with van der Waals surface area (Å²) in [5.74, 6) is -4.73. The number of aromatic nitrogens is 4. The molecule has 0 spiro atoms. The molecule has 2 aliphatic rings. The fourth-order valence-corrected chi connectivity index (χ4v) is 9.78. The Balaban J connectivity index is 0.00000451. The number of anilines is 1. The number of hydrogen-bond acceptors (Lipinski definition) is 16. The fourth-order valence-electron chi connectivity index (χ4n) is 4.65. The van der Waals surface area contributed by atoms with Crippen molar-refractivity contribution in [3.8, 4) is 0 Å². The van der Waals surface area contributed by atoms with Gasteiger partial charge in [0.1, 0.15) is 36.4 Å². The number of oxime groups is 1. The van der Waals surface area contributed by atoms with E-state index >= 15 is 4.39 Å². The fraction of sp³-hybridized carbons (Fsp3) is 0.231. The number of benzene rings is 1. The van der Waals surface area contributed by atoms with Crippen LogP contribution >= 0.6 is 58.0 Å². The van der Waals surface area contributed by atoms with E-state index in [2.05, 4.69) is 25.7 Å². The third-order valence-electron chi connectivity index (χ3n) is 6.79. The van der Waals surface area contributed by atoms with E-state index in [9.17, 15) is 28.7 Å². The maximum atomic E-state index is 15.6. The van der Waals surface area contributed by atoms with Crippen molar-refractivity contribution in [1.82, 2.24) is 30.0 Å². The van der Waals surface area contributed by atoms with Crippen molar-refractivity contribution < 1.29 is 62.7 Å². The number of aliphatic carboxylic acids is 1. The zero-order valence-corrected chi connectivity index (χ0v) is 31.0. The van der Waals surface area contributed by atoms with Crippen molar-refractivity contribution in [2.24, 2.45) is 12.2 Å². The van der Waals surface area contributed by atoms with E-state index in [1.807, 2.05) is 0 Å². The molecule has 6 rings (SSSR count). The normalized spacial score (nSPS) is 17.5. The van der Waals surface area contributed by atoms with Gasteiger partial charge in [0.05, 0.1) is 25.5 Å². The number of aryl methyl sites for hydroxylation is 1. The number of amides is 2. The minimum absolute atomic E-state index is 0. The largest absolute Gasteiger partial charge is 1.00 e. The summed E-state index contributed by atoms with van der Waals surface area (Å²) in [6, 6.07) is 1.12. The molecule has 2 aliphatic heterocycles. The maximum absolute atomic E-state index is 15.6. The molecule has 22 heteroatoms. The average molecular weight is 761 g/mol. The number of carbonyl (C=O) groups excluding carboxylic acids is 3. The number of fused-ring (bicyclic) bond motifs is 2. The first-order valence-corrected chi connectivity index (χ1v) is 17.6. The third-order valence-corrected chi connectivity index (χ3v) is 12.4. The van der Waals surface area contributed by atoms with Gasteiger partial charge in [0, 0.05) is 35.4 Å². The average Bonchev–Trinajstić information content (AvgIpc) is 3.66. The second kappa shape index (κ2) is 14.8. The molecule has 14 nitrogen and oxygen atoms in total. The number of nitrogens with one attached hydrogen (secondary N) is 1. The van der Waals surface area contributed by atoms with Gasteiger partial charge >= 0.3 is 29.6 Å². The van der Waals surface area contributed by atoms with Crippen molar-refractivity contribution in [3.63, 3.8) is 0 Å². The first kappa shape index (κ1) is 36.2. The number of hydrogen-bond donors (Lipinski definition) is 2. The van der Waals surface area contributed by atoms with Gasteiger partial charge in [0.15, 0.2) is 27.2 Å². The molecule has 2 amide bonds. The summed E-state index contributed by atoms with van der Waals surface area (Å²) in [5.41, 5.74) is 4.94. The maximum Gasteiger partial charge on any atom is 1.00 e. The van der Waals surface area contributed by atoms with Crippen molar-refractivity contribution in [1.29, 1.82) is 0 Å². The molecule has 5 heterocycles. The van der Waals surface area contributed by atoms with Crippen LogP contribution in [0, 0.1) is 11.6 Å². The van der Waals surface area contributed by atoms with E-state index in [-0.39, 0.29) is 83.4 Å². The Kier molecular flexibility index (Phi) is 11.2. The Hall–Kier alpha value is -3.05. The van der Waals surface area contributed by atoms with Crippen molar-refractivity contribution >= 4 is 96.7 Å². The summed E-state index contributed by atoms with van der Waals surface area (Å²) in [6.45, 7) is 0. The van der Waals surface area contributed by atoms with Crippen LogP contribution in [-0.2, 0) is 26.3 Å². The van der Waals surface area contributed by atoms with Crippen molar-refractivity contribution in [3.05, 3.63) is 62.7 Å². The molecule has 3 aromatic heterocycles. The quantitative estimate of drug-likeness (QED) is 0.0618. The standard InChI is InChI=1S/C26H20F2N8O6S5.Na/c1-35-8-30-33-26(35)47-20-11(27)3-10-13(37)4-14(46-19(10)15(20)28)43-5-9-6-44-23-17(22(39)36(23)18(9)24(40)41)32-21(38)16(34-42-2)12-7-45-25(29)31-12;/h3-4,7-8,17,23H,5-6H2,1-2H3,(H2,29,31)(H,32,38)(H,40,41);/q;+1/p-1/b34-16-;/t17-,23-;/m1./s1. The van der Waals surface area contributed by atoms with Gasteiger partial charge in [-0.1, -0.05) is 5.16 Å². The molecule has 0 aliphatic carbocycles. The number of nitrogen functional groups attached to an aromatic ring is 1. The zero-order valence-electron chi connectivity index (χ0n) is 24.9. The molecule has 244 valence electrons. The van der Waals surface area contributed by atoms with E-state index in [0.29, 0.717) is 9.78 Å². The molecule has 0 radical (unpaired) electrons. The number of thioether (sulfide) groups is 2. The van der Waals surface area contributed by atoms with E-state index in [4.69, 9.17) is 10.6 Å². The van der Waals surface area contributed by atoms with Crippen LogP contribution in [0.4, 0.5) is 13.9 Å². The molecule has 2 atom stereocenters. The van der Waals surface area contributed by atoms with Gasteiger partial charge in [-0.15, -0.1) is 56.4 Å². The number of thiazole rings is 1. The molecule has 48 heavy (non-hydrogen) atoms. The molecule has 0 bridgehead atoms. The zero-order chi connectivity index (χ0) is 33.6. The minimum Gasteiger partial charge on any atom is -0.543 e. The number of rotatable bonds is 10. The van der Waals surface area contributed by atoms with E-state index < -0.39 is 46.3 Å². The van der Waals surface area contributed by atoms with Gasteiger partial charge in [-0.05, 0) is 23.4 Å². The molecule has 3 N–H and O–H groups in total. The molecule has 1 saturated heterocycles. The number of nitrogens with two attached hydrogens (primary N) is 1. The van der Waals surface area contributed by atoms with Gasteiger partial charge in [-0.2, -0.15) is 0 Å². The van der Waals surface area contributed by atoms with E-state index in [0.717, 1.165) is 57.2 Å². The summed E-state index contributed by atoms with van der Waals surface area (Å²) in [5, 5.41) is 27.1. The van der Waals surface area contributed by atoms with Crippen molar-refractivity contribution in [2.75, 3.05) is 24.3 Å². The van der Waals surface area contributed by atoms with Gasteiger partial charge < -0.3 is 30.4 Å². The predicted molar refractivity (Wildman–Crippen MR) is 171 cm³/mol. The van der Waals surface area contributed by atoms with Crippen LogP contribution in [0.1, 0.15) is 5.69 Å². The smallest absolute Gasteiger partial charge is 0.543 e. The van der Waals surface area contributed by atoms with Crippen LogP contribution in [0.5, 0.6) is 0 Å². The Labute approximate surface area is 311 Å². The number of halogens is 2. The Morgan fingerprint density at radius 2 is 2.06 bits per heavy atom. The van der Waals surface area contributed by atoms with E-state index in [1.54, 1.807) is 7.05 Å². The Morgan fingerprint density at radius 3 is 2.71 bits per heavy atom. The van der Waals surface area contributed by atoms with E-state index in [1.165, 1.54) is 41.2 Å². The first-order valence-electron chi connectivity index (χ1n) is 13.1. The summed E-state index contributed by atoms with van der Waals surface area (Å²) >= 11 is 4.99.